The molecule has 0 spiro atoms. The van der Waals surface area contributed by atoms with Gasteiger partial charge in [0.25, 0.3) is 11.8 Å². The normalized spacial score (nSPS) is 10.5. The molecule has 0 atom stereocenters. The highest BCUT2D eigenvalue weighted by atomic mass is 19.1. The summed E-state index contributed by atoms with van der Waals surface area (Å²) in [6.07, 6.45) is 1.29. The molecule has 0 aliphatic carbocycles. The Morgan fingerprint density at radius 1 is 1.13 bits per heavy atom. The largest absolute Gasteiger partial charge is 0.507 e. The smallest absolute Gasteiger partial charge is 0.259 e. The van der Waals surface area contributed by atoms with E-state index in [0.29, 0.717) is 5.56 Å². The van der Waals surface area contributed by atoms with Crippen molar-refractivity contribution in [3.63, 3.8) is 0 Å². The zero-order valence-electron chi connectivity index (χ0n) is 12.0. The van der Waals surface area contributed by atoms with Crippen LogP contribution in [0.2, 0.25) is 0 Å². The first-order chi connectivity index (χ1) is 11.1. The van der Waals surface area contributed by atoms with Crippen LogP contribution in [-0.4, -0.2) is 29.7 Å². The molecule has 2 aromatic rings. The Balaban J connectivity index is 1.80. The lowest BCUT2D eigenvalue weighted by Gasteiger charge is -2.04. The number of carbonyl (C=O) groups is 2. The van der Waals surface area contributed by atoms with E-state index in [-0.39, 0.29) is 17.9 Å². The van der Waals surface area contributed by atoms with Crippen LogP contribution in [0.4, 0.5) is 4.39 Å². The highest BCUT2D eigenvalue weighted by molar-refractivity contribution is 5.96. The molecule has 0 unspecified atom stereocenters. The molecule has 0 saturated carbocycles. The quantitative estimate of drug-likeness (QED) is 0.575. The Bertz CT molecular complexity index is 730. The first kappa shape index (κ1) is 16.2. The van der Waals surface area contributed by atoms with Gasteiger partial charge >= 0.3 is 0 Å². The SMILES string of the molecule is O=C(CNC(=O)c1ccc(F)cc1)NN=Cc1ccccc1O. The number of nitrogens with one attached hydrogen (secondary N) is 2. The maximum Gasteiger partial charge on any atom is 0.259 e. The second-order valence-electron chi connectivity index (χ2n) is 4.54. The van der Waals surface area contributed by atoms with Crippen LogP contribution in [0.5, 0.6) is 5.75 Å². The molecule has 2 amide bonds. The molecule has 0 aliphatic heterocycles. The fraction of sp³-hybridized carbons (Fsp3) is 0.0625. The number of phenols is 1. The fourth-order valence-corrected chi connectivity index (χ4v) is 1.67. The number of hydrogen-bond donors (Lipinski definition) is 3. The Morgan fingerprint density at radius 3 is 2.52 bits per heavy atom. The second-order valence-corrected chi connectivity index (χ2v) is 4.54. The lowest BCUT2D eigenvalue weighted by molar-refractivity contribution is -0.120. The molecule has 23 heavy (non-hydrogen) atoms. The van der Waals surface area contributed by atoms with Crippen LogP contribution in [0.15, 0.2) is 53.6 Å². The fourth-order valence-electron chi connectivity index (χ4n) is 1.67. The van der Waals surface area contributed by atoms with E-state index in [0.717, 1.165) is 12.1 Å². The van der Waals surface area contributed by atoms with Crippen LogP contribution in [0.25, 0.3) is 0 Å². The maximum absolute atomic E-state index is 12.7. The summed E-state index contributed by atoms with van der Waals surface area (Å²) in [5.74, 6) is -1.44. The number of nitrogens with zero attached hydrogens (tertiary/aromatic N) is 1. The second kappa shape index (κ2) is 7.69. The summed E-state index contributed by atoms with van der Waals surface area (Å²) in [6.45, 7) is -0.283. The summed E-state index contributed by atoms with van der Waals surface area (Å²) in [4.78, 5) is 23.3. The monoisotopic (exact) mass is 315 g/mol. The van der Waals surface area contributed by atoms with E-state index in [4.69, 9.17) is 0 Å². The minimum atomic E-state index is -0.535. The average molecular weight is 315 g/mol. The molecule has 2 aromatic carbocycles. The number of carbonyl (C=O) groups excluding carboxylic acids is 2. The van der Waals surface area contributed by atoms with Gasteiger partial charge < -0.3 is 10.4 Å². The van der Waals surface area contributed by atoms with Crippen LogP contribution < -0.4 is 10.7 Å². The number of hydrazone groups is 1. The Labute approximate surface area is 131 Å². The van der Waals surface area contributed by atoms with Gasteiger partial charge in [-0.05, 0) is 36.4 Å². The molecule has 0 fully saturated rings. The third kappa shape index (κ3) is 4.92. The Morgan fingerprint density at radius 2 is 1.83 bits per heavy atom. The van der Waals surface area contributed by atoms with E-state index in [2.05, 4.69) is 15.8 Å². The summed E-state index contributed by atoms with van der Waals surface area (Å²) in [5.41, 5.74) is 2.91. The van der Waals surface area contributed by atoms with Gasteiger partial charge in [0.1, 0.15) is 11.6 Å². The van der Waals surface area contributed by atoms with E-state index >= 15 is 0 Å². The van der Waals surface area contributed by atoms with Crippen molar-refractivity contribution in [2.24, 2.45) is 5.10 Å². The van der Waals surface area contributed by atoms with Crippen LogP contribution in [0, 0.1) is 5.82 Å². The maximum atomic E-state index is 12.7. The number of halogens is 1. The number of aromatic hydroxyl groups is 1. The van der Waals surface area contributed by atoms with Crippen molar-refractivity contribution in [3.05, 3.63) is 65.5 Å². The van der Waals surface area contributed by atoms with Crippen molar-refractivity contribution in [2.45, 2.75) is 0 Å². The summed E-state index contributed by atoms with van der Waals surface area (Å²) in [7, 11) is 0. The Kier molecular flexibility index (Phi) is 5.40. The van der Waals surface area contributed by atoms with Gasteiger partial charge in [-0.2, -0.15) is 5.10 Å². The van der Waals surface area contributed by atoms with E-state index < -0.39 is 17.6 Å². The highest BCUT2D eigenvalue weighted by Gasteiger charge is 2.07. The summed E-state index contributed by atoms with van der Waals surface area (Å²) >= 11 is 0. The molecule has 0 aliphatic rings. The van der Waals surface area contributed by atoms with Crippen molar-refractivity contribution < 1.29 is 19.1 Å². The van der Waals surface area contributed by atoms with Gasteiger partial charge in [-0.25, -0.2) is 9.82 Å². The number of hydrogen-bond acceptors (Lipinski definition) is 4. The number of para-hydroxylation sites is 1. The zero-order chi connectivity index (χ0) is 16.7. The number of benzene rings is 2. The molecule has 0 heterocycles. The molecule has 2 rings (SSSR count). The minimum Gasteiger partial charge on any atom is -0.507 e. The summed E-state index contributed by atoms with van der Waals surface area (Å²) < 4.78 is 12.7. The molecule has 6 nitrogen and oxygen atoms in total. The molecule has 7 heteroatoms. The van der Waals surface area contributed by atoms with Crippen LogP contribution in [0.1, 0.15) is 15.9 Å². The molecule has 0 saturated heterocycles. The molecule has 0 aromatic heterocycles. The predicted molar refractivity (Wildman–Crippen MR) is 82.6 cm³/mol. The standard InChI is InChI=1S/C16H14FN3O3/c17-13-7-5-11(6-8-13)16(23)18-10-15(22)20-19-9-12-3-1-2-4-14(12)21/h1-9,21H,10H2,(H,18,23)(H,20,22). The number of rotatable bonds is 5. The van der Waals surface area contributed by atoms with Crippen LogP contribution in [0.3, 0.4) is 0 Å². The molecule has 3 N–H and O–H groups in total. The molecule has 118 valence electrons. The molecular weight excluding hydrogens is 301 g/mol. The van der Waals surface area contributed by atoms with Crippen molar-refractivity contribution in [3.8, 4) is 5.75 Å². The average Bonchev–Trinajstić information content (AvgIpc) is 2.55. The molecular formula is C16H14FN3O3. The topological polar surface area (TPSA) is 90.8 Å². The van der Waals surface area contributed by atoms with Crippen molar-refractivity contribution in [1.82, 2.24) is 10.7 Å². The number of amides is 2. The predicted octanol–water partition coefficient (Wildman–Crippen LogP) is 1.41. The van der Waals surface area contributed by atoms with Gasteiger partial charge in [0.15, 0.2) is 0 Å². The van der Waals surface area contributed by atoms with E-state index in [1.54, 1.807) is 18.2 Å². The molecule has 0 bridgehead atoms. The van der Waals surface area contributed by atoms with E-state index in [9.17, 15) is 19.1 Å². The first-order valence-electron chi connectivity index (χ1n) is 6.70. The Hall–Kier alpha value is -3.22. The zero-order valence-corrected chi connectivity index (χ0v) is 12.0. The lowest BCUT2D eigenvalue weighted by Crippen LogP contribution is -2.34. The highest BCUT2D eigenvalue weighted by Crippen LogP contribution is 2.12. The van der Waals surface area contributed by atoms with E-state index in [1.165, 1.54) is 24.4 Å². The van der Waals surface area contributed by atoms with Crippen LogP contribution >= 0.6 is 0 Å². The van der Waals surface area contributed by atoms with Gasteiger partial charge in [0, 0.05) is 11.1 Å². The van der Waals surface area contributed by atoms with Crippen molar-refractivity contribution >= 4 is 18.0 Å². The summed E-state index contributed by atoms with van der Waals surface area (Å²) in [6, 6.07) is 11.4. The molecule has 0 radical (unpaired) electrons. The third-order valence-corrected chi connectivity index (χ3v) is 2.85. The first-order valence-corrected chi connectivity index (χ1v) is 6.70. The van der Waals surface area contributed by atoms with Crippen LogP contribution in [-0.2, 0) is 4.79 Å². The summed E-state index contributed by atoms with van der Waals surface area (Å²) in [5, 5.41) is 15.6. The third-order valence-electron chi connectivity index (χ3n) is 2.85. The number of phenolic OH excluding ortho intramolecular Hbond substituents is 1. The van der Waals surface area contributed by atoms with Crippen molar-refractivity contribution in [2.75, 3.05) is 6.54 Å². The van der Waals surface area contributed by atoms with Gasteiger partial charge in [-0.1, -0.05) is 12.1 Å². The van der Waals surface area contributed by atoms with Gasteiger partial charge in [-0.3, -0.25) is 9.59 Å². The lowest BCUT2D eigenvalue weighted by atomic mass is 10.2. The minimum absolute atomic E-state index is 0.0371. The van der Waals surface area contributed by atoms with Gasteiger partial charge in [-0.15, -0.1) is 0 Å². The van der Waals surface area contributed by atoms with Gasteiger partial charge in [0.05, 0.1) is 12.8 Å². The van der Waals surface area contributed by atoms with E-state index in [1.807, 2.05) is 0 Å². The van der Waals surface area contributed by atoms with Gasteiger partial charge in [0.2, 0.25) is 0 Å². The van der Waals surface area contributed by atoms with Crippen molar-refractivity contribution in [1.29, 1.82) is 0 Å².